The summed E-state index contributed by atoms with van der Waals surface area (Å²) < 4.78 is 22.6. The molecule has 0 atom stereocenters. The normalized spacial score (nSPS) is 11.8. The highest BCUT2D eigenvalue weighted by Crippen LogP contribution is 2.20. The number of nitrogens with two attached hydrogens (primary N) is 1. The van der Waals surface area contributed by atoms with E-state index in [1.807, 2.05) is 6.92 Å². The lowest BCUT2D eigenvalue weighted by Crippen LogP contribution is -2.15. The van der Waals surface area contributed by atoms with Crippen LogP contribution >= 0.6 is 0 Å². The maximum Gasteiger partial charge on any atom is 0.238 e. The summed E-state index contributed by atoms with van der Waals surface area (Å²) in [7, 11) is -3.63. The van der Waals surface area contributed by atoms with Crippen molar-refractivity contribution in [3.05, 3.63) is 23.8 Å². The van der Waals surface area contributed by atoms with Crippen LogP contribution in [0.5, 0.6) is 0 Å². The van der Waals surface area contributed by atoms with E-state index in [2.05, 4.69) is 19.2 Å². The fourth-order valence-corrected chi connectivity index (χ4v) is 2.34. The Balaban J connectivity index is 2.88. The number of benzene rings is 1. The van der Waals surface area contributed by atoms with E-state index < -0.39 is 10.0 Å². The van der Waals surface area contributed by atoms with Crippen molar-refractivity contribution in [2.45, 2.75) is 38.5 Å². The SMILES string of the molecule is CCC(CC)CNc1cc(S(N)(=O)=O)ccc1C. The molecule has 102 valence electrons. The average Bonchev–Trinajstić information content (AvgIpc) is 2.31. The molecule has 0 radical (unpaired) electrons. The Morgan fingerprint density at radius 2 is 1.89 bits per heavy atom. The quantitative estimate of drug-likeness (QED) is 0.834. The zero-order valence-corrected chi connectivity index (χ0v) is 12.0. The van der Waals surface area contributed by atoms with Crippen LogP contribution in [0, 0.1) is 12.8 Å². The molecule has 0 aromatic heterocycles. The molecule has 0 fully saturated rings. The second-order valence-electron chi connectivity index (χ2n) is 4.59. The summed E-state index contributed by atoms with van der Waals surface area (Å²) in [5, 5.41) is 8.44. The van der Waals surface area contributed by atoms with Crippen LogP contribution in [0.2, 0.25) is 0 Å². The molecule has 1 aromatic rings. The fraction of sp³-hybridized carbons (Fsp3) is 0.538. The molecule has 0 saturated heterocycles. The molecule has 0 aliphatic rings. The summed E-state index contributed by atoms with van der Waals surface area (Å²) in [4.78, 5) is 0.153. The molecule has 5 heteroatoms. The Hall–Kier alpha value is -1.07. The molecule has 1 rings (SSSR count). The molecule has 1 aromatic carbocycles. The number of rotatable bonds is 6. The standard InChI is InChI=1S/C13H22N2O2S/c1-4-11(5-2)9-15-13-8-12(18(14,16)17)7-6-10(13)3/h6-8,11,15H,4-5,9H2,1-3H3,(H2,14,16,17). The minimum atomic E-state index is -3.63. The zero-order chi connectivity index (χ0) is 13.8. The van der Waals surface area contributed by atoms with Crippen LogP contribution in [0.15, 0.2) is 23.1 Å². The van der Waals surface area contributed by atoms with Crippen LogP contribution < -0.4 is 10.5 Å². The lowest BCUT2D eigenvalue weighted by molar-refractivity contribution is 0.519. The number of nitrogens with one attached hydrogen (secondary N) is 1. The van der Waals surface area contributed by atoms with Crippen molar-refractivity contribution in [2.24, 2.45) is 11.1 Å². The smallest absolute Gasteiger partial charge is 0.238 e. The predicted octanol–water partition coefficient (Wildman–Crippen LogP) is 2.49. The average molecular weight is 270 g/mol. The second-order valence-corrected chi connectivity index (χ2v) is 6.15. The summed E-state index contributed by atoms with van der Waals surface area (Å²) in [6.07, 6.45) is 2.22. The van der Waals surface area contributed by atoms with Crippen molar-refractivity contribution in [1.82, 2.24) is 0 Å². The van der Waals surface area contributed by atoms with E-state index >= 15 is 0 Å². The first-order valence-electron chi connectivity index (χ1n) is 6.25. The largest absolute Gasteiger partial charge is 0.385 e. The minimum absolute atomic E-state index is 0.153. The Morgan fingerprint density at radius 1 is 1.28 bits per heavy atom. The van der Waals surface area contributed by atoms with Gasteiger partial charge < -0.3 is 5.32 Å². The lowest BCUT2D eigenvalue weighted by atomic mass is 10.0. The van der Waals surface area contributed by atoms with Crippen molar-refractivity contribution < 1.29 is 8.42 Å². The van der Waals surface area contributed by atoms with Gasteiger partial charge in [-0.15, -0.1) is 0 Å². The highest BCUT2D eigenvalue weighted by Gasteiger charge is 2.10. The van der Waals surface area contributed by atoms with Gasteiger partial charge in [0.2, 0.25) is 10.0 Å². The number of hydrogen-bond donors (Lipinski definition) is 2. The van der Waals surface area contributed by atoms with Gasteiger partial charge in [-0.05, 0) is 30.5 Å². The van der Waals surface area contributed by atoms with E-state index in [-0.39, 0.29) is 4.90 Å². The molecular formula is C13H22N2O2S. The number of primary sulfonamides is 1. The topological polar surface area (TPSA) is 72.2 Å². The first kappa shape index (κ1) is 15.0. The number of aryl methyl sites for hydroxylation is 1. The molecule has 0 saturated carbocycles. The summed E-state index contributed by atoms with van der Waals surface area (Å²) in [6.45, 7) is 7.11. The van der Waals surface area contributed by atoms with Gasteiger partial charge in [0, 0.05) is 12.2 Å². The van der Waals surface area contributed by atoms with E-state index in [1.165, 1.54) is 6.07 Å². The van der Waals surface area contributed by atoms with Crippen molar-refractivity contribution >= 4 is 15.7 Å². The first-order chi connectivity index (χ1) is 8.38. The summed E-state index contributed by atoms with van der Waals surface area (Å²) in [5.41, 5.74) is 1.86. The molecular weight excluding hydrogens is 248 g/mol. The van der Waals surface area contributed by atoms with Gasteiger partial charge in [0.1, 0.15) is 0 Å². The van der Waals surface area contributed by atoms with Crippen LogP contribution in [0.3, 0.4) is 0 Å². The Kier molecular flexibility index (Phi) is 5.16. The molecule has 0 spiro atoms. The Bertz CT molecular complexity index is 494. The van der Waals surface area contributed by atoms with Gasteiger partial charge in [-0.2, -0.15) is 0 Å². The second kappa shape index (κ2) is 6.20. The number of sulfonamides is 1. The van der Waals surface area contributed by atoms with Crippen molar-refractivity contribution in [2.75, 3.05) is 11.9 Å². The molecule has 0 unspecified atom stereocenters. The van der Waals surface area contributed by atoms with Gasteiger partial charge in [0.05, 0.1) is 4.90 Å². The van der Waals surface area contributed by atoms with Crippen molar-refractivity contribution in [3.63, 3.8) is 0 Å². The predicted molar refractivity (Wildman–Crippen MR) is 75.1 cm³/mol. The van der Waals surface area contributed by atoms with Crippen LogP contribution in [0.25, 0.3) is 0 Å². The summed E-state index contributed by atoms with van der Waals surface area (Å²) in [5.74, 6) is 0.600. The maximum absolute atomic E-state index is 11.3. The lowest BCUT2D eigenvalue weighted by Gasteiger charge is -2.16. The van der Waals surface area contributed by atoms with Crippen LogP contribution in [-0.4, -0.2) is 15.0 Å². The molecule has 0 aliphatic heterocycles. The first-order valence-corrected chi connectivity index (χ1v) is 7.80. The third-order valence-corrected chi connectivity index (χ3v) is 4.18. The van der Waals surface area contributed by atoms with Crippen LogP contribution in [-0.2, 0) is 10.0 Å². The highest BCUT2D eigenvalue weighted by atomic mass is 32.2. The van der Waals surface area contributed by atoms with Gasteiger partial charge in [0.15, 0.2) is 0 Å². The number of anilines is 1. The highest BCUT2D eigenvalue weighted by molar-refractivity contribution is 7.89. The van der Waals surface area contributed by atoms with Crippen LogP contribution in [0.1, 0.15) is 32.3 Å². The van der Waals surface area contributed by atoms with E-state index in [1.54, 1.807) is 12.1 Å². The zero-order valence-electron chi connectivity index (χ0n) is 11.2. The van der Waals surface area contributed by atoms with Gasteiger partial charge in [-0.25, -0.2) is 13.6 Å². The van der Waals surface area contributed by atoms with Gasteiger partial charge in [-0.1, -0.05) is 32.8 Å². The van der Waals surface area contributed by atoms with Gasteiger partial charge in [-0.3, -0.25) is 0 Å². The molecule has 3 N–H and O–H groups in total. The monoisotopic (exact) mass is 270 g/mol. The van der Waals surface area contributed by atoms with Crippen molar-refractivity contribution in [1.29, 1.82) is 0 Å². The van der Waals surface area contributed by atoms with E-state index in [0.29, 0.717) is 5.92 Å². The van der Waals surface area contributed by atoms with Crippen LogP contribution in [0.4, 0.5) is 5.69 Å². The fourth-order valence-electron chi connectivity index (χ4n) is 1.80. The van der Waals surface area contributed by atoms with Gasteiger partial charge >= 0.3 is 0 Å². The molecule has 0 bridgehead atoms. The third-order valence-electron chi connectivity index (χ3n) is 3.27. The Morgan fingerprint density at radius 3 is 2.39 bits per heavy atom. The summed E-state index contributed by atoms with van der Waals surface area (Å²) in [6, 6.07) is 4.91. The third kappa shape index (κ3) is 3.99. The molecule has 4 nitrogen and oxygen atoms in total. The minimum Gasteiger partial charge on any atom is -0.385 e. The molecule has 0 heterocycles. The number of hydrogen-bond acceptors (Lipinski definition) is 3. The maximum atomic E-state index is 11.3. The molecule has 0 amide bonds. The summed E-state index contributed by atoms with van der Waals surface area (Å²) >= 11 is 0. The Labute approximate surface area is 110 Å². The van der Waals surface area contributed by atoms with Crippen molar-refractivity contribution in [3.8, 4) is 0 Å². The molecule has 18 heavy (non-hydrogen) atoms. The van der Waals surface area contributed by atoms with E-state index in [0.717, 1.165) is 30.6 Å². The van der Waals surface area contributed by atoms with Gasteiger partial charge in [0.25, 0.3) is 0 Å². The van der Waals surface area contributed by atoms with E-state index in [9.17, 15) is 8.42 Å². The molecule has 0 aliphatic carbocycles. The van der Waals surface area contributed by atoms with E-state index in [4.69, 9.17) is 5.14 Å².